The Morgan fingerprint density at radius 1 is 1.06 bits per heavy atom. The number of rotatable bonds is 8. The molecule has 2 aliphatic rings. The van der Waals surface area contributed by atoms with Crippen LogP contribution >= 0.6 is 0 Å². The van der Waals surface area contributed by atoms with Gasteiger partial charge < -0.3 is 5.32 Å². The lowest BCUT2D eigenvalue weighted by molar-refractivity contribution is -0.127. The number of amides is 1. The fraction of sp³-hybridized carbons (Fsp3) is 0.433. The summed E-state index contributed by atoms with van der Waals surface area (Å²) >= 11 is 0. The van der Waals surface area contributed by atoms with Gasteiger partial charge in [0.15, 0.2) is 0 Å². The van der Waals surface area contributed by atoms with Crippen LogP contribution in [0.3, 0.4) is 0 Å². The van der Waals surface area contributed by atoms with Gasteiger partial charge in [0.05, 0.1) is 5.92 Å². The van der Waals surface area contributed by atoms with E-state index in [1.807, 2.05) is 0 Å². The molecule has 1 amide bonds. The summed E-state index contributed by atoms with van der Waals surface area (Å²) in [5.74, 6) is 0.750. The SMILES string of the molecule is CC=CCCC(CCNC(=O)C1CC=CCCC12CCc1ccccc12)c1ccccc1. The van der Waals surface area contributed by atoms with Gasteiger partial charge in [-0.15, -0.1) is 0 Å². The van der Waals surface area contributed by atoms with Crippen LogP contribution in [-0.4, -0.2) is 12.5 Å². The van der Waals surface area contributed by atoms with E-state index in [9.17, 15) is 4.79 Å². The Labute approximate surface area is 193 Å². The molecule has 0 aliphatic heterocycles. The zero-order valence-corrected chi connectivity index (χ0v) is 19.4. The van der Waals surface area contributed by atoms with Crippen LogP contribution in [0.1, 0.15) is 74.5 Å². The number of allylic oxidation sites excluding steroid dienone is 4. The molecule has 2 aliphatic carbocycles. The van der Waals surface area contributed by atoms with Crippen LogP contribution in [0, 0.1) is 5.92 Å². The first-order valence-electron chi connectivity index (χ1n) is 12.4. The zero-order chi connectivity index (χ0) is 22.2. The molecule has 3 unspecified atom stereocenters. The molecule has 32 heavy (non-hydrogen) atoms. The van der Waals surface area contributed by atoms with Gasteiger partial charge in [-0.05, 0) is 80.9 Å². The third-order valence-corrected chi connectivity index (χ3v) is 7.65. The van der Waals surface area contributed by atoms with Gasteiger partial charge in [0, 0.05) is 12.0 Å². The molecule has 4 rings (SSSR count). The van der Waals surface area contributed by atoms with Crippen LogP contribution in [0.15, 0.2) is 78.9 Å². The van der Waals surface area contributed by atoms with Crippen molar-refractivity contribution >= 4 is 5.91 Å². The molecule has 0 heterocycles. The number of fused-ring (bicyclic) bond motifs is 2. The van der Waals surface area contributed by atoms with Crippen LogP contribution < -0.4 is 5.32 Å². The molecule has 2 heteroatoms. The first-order chi connectivity index (χ1) is 15.7. The highest BCUT2D eigenvalue weighted by molar-refractivity contribution is 5.81. The molecule has 0 saturated carbocycles. The van der Waals surface area contributed by atoms with Crippen molar-refractivity contribution in [1.29, 1.82) is 0 Å². The van der Waals surface area contributed by atoms with E-state index in [1.54, 1.807) is 0 Å². The van der Waals surface area contributed by atoms with Crippen molar-refractivity contribution in [3.05, 3.63) is 95.6 Å². The predicted octanol–water partition coefficient (Wildman–Crippen LogP) is 6.87. The molecule has 0 aromatic heterocycles. The van der Waals surface area contributed by atoms with Crippen LogP contribution in [0.5, 0.6) is 0 Å². The zero-order valence-electron chi connectivity index (χ0n) is 19.4. The van der Waals surface area contributed by atoms with Crippen molar-refractivity contribution in [3.63, 3.8) is 0 Å². The lowest BCUT2D eigenvalue weighted by Gasteiger charge is -2.36. The average Bonchev–Trinajstić information content (AvgIpc) is 3.05. The fourth-order valence-electron chi connectivity index (χ4n) is 5.95. The molecule has 1 spiro atoms. The van der Waals surface area contributed by atoms with E-state index in [0.717, 1.165) is 57.9 Å². The number of benzene rings is 2. The Morgan fingerprint density at radius 3 is 2.72 bits per heavy atom. The minimum atomic E-state index is -0.00503. The van der Waals surface area contributed by atoms with Gasteiger partial charge in [-0.1, -0.05) is 78.9 Å². The number of hydrogen-bond donors (Lipinski definition) is 1. The number of carbonyl (C=O) groups excluding carboxylic acids is 1. The van der Waals surface area contributed by atoms with Gasteiger partial charge in [-0.2, -0.15) is 0 Å². The molecule has 0 saturated heterocycles. The lowest BCUT2D eigenvalue weighted by atomic mass is 9.67. The molecule has 3 atom stereocenters. The van der Waals surface area contributed by atoms with Gasteiger partial charge in [0.1, 0.15) is 0 Å². The van der Waals surface area contributed by atoms with Crippen molar-refractivity contribution in [2.24, 2.45) is 5.92 Å². The summed E-state index contributed by atoms with van der Waals surface area (Å²) in [7, 11) is 0. The number of carbonyl (C=O) groups is 1. The highest BCUT2D eigenvalue weighted by Gasteiger charge is 2.47. The Hall–Kier alpha value is -2.61. The highest BCUT2D eigenvalue weighted by Crippen LogP contribution is 2.50. The van der Waals surface area contributed by atoms with Crippen LogP contribution in [0.25, 0.3) is 0 Å². The maximum absolute atomic E-state index is 13.5. The van der Waals surface area contributed by atoms with Crippen LogP contribution in [-0.2, 0) is 16.6 Å². The van der Waals surface area contributed by atoms with E-state index < -0.39 is 0 Å². The number of aryl methyl sites for hydroxylation is 1. The van der Waals surface area contributed by atoms with Gasteiger partial charge in [-0.3, -0.25) is 4.79 Å². The van der Waals surface area contributed by atoms with Crippen LogP contribution in [0.2, 0.25) is 0 Å². The molecule has 2 nitrogen and oxygen atoms in total. The summed E-state index contributed by atoms with van der Waals surface area (Å²) in [6.45, 7) is 2.82. The van der Waals surface area contributed by atoms with Crippen molar-refractivity contribution in [1.82, 2.24) is 5.32 Å². The van der Waals surface area contributed by atoms with Crippen molar-refractivity contribution in [2.75, 3.05) is 6.54 Å². The largest absolute Gasteiger partial charge is 0.356 e. The third-order valence-electron chi connectivity index (χ3n) is 7.65. The molecule has 0 bridgehead atoms. The van der Waals surface area contributed by atoms with E-state index in [4.69, 9.17) is 0 Å². The second kappa shape index (κ2) is 10.8. The molecule has 168 valence electrons. The van der Waals surface area contributed by atoms with E-state index in [1.165, 1.54) is 16.7 Å². The van der Waals surface area contributed by atoms with E-state index in [2.05, 4.69) is 91.1 Å². The summed E-state index contributed by atoms with van der Waals surface area (Å²) in [5.41, 5.74) is 4.25. The molecule has 1 N–H and O–H groups in total. The van der Waals surface area contributed by atoms with Crippen molar-refractivity contribution < 1.29 is 4.79 Å². The fourth-order valence-corrected chi connectivity index (χ4v) is 5.95. The van der Waals surface area contributed by atoms with Gasteiger partial charge >= 0.3 is 0 Å². The second-order valence-electron chi connectivity index (χ2n) is 9.45. The van der Waals surface area contributed by atoms with E-state index in [0.29, 0.717) is 5.92 Å². The Morgan fingerprint density at radius 2 is 1.88 bits per heavy atom. The van der Waals surface area contributed by atoms with E-state index >= 15 is 0 Å². The Kier molecular flexibility index (Phi) is 7.63. The predicted molar refractivity (Wildman–Crippen MR) is 134 cm³/mol. The van der Waals surface area contributed by atoms with Crippen molar-refractivity contribution in [2.45, 2.75) is 69.6 Å². The maximum Gasteiger partial charge on any atom is 0.224 e. The molecule has 0 fully saturated rings. The minimum Gasteiger partial charge on any atom is -0.356 e. The summed E-state index contributed by atoms with van der Waals surface area (Å²) in [6.07, 6.45) is 17.3. The first kappa shape index (κ1) is 22.6. The summed E-state index contributed by atoms with van der Waals surface area (Å²) in [6, 6.07) is 19.6. The maximum atomic E-state index is 13.5. The molecular weight excluding hydrogens is 390 g/mol. The normalized spacial score (nSPS) is 23.2. The molecule has 2 aromatic carbocycles. The monoisotopic (exact) mass is 427 g/mol. The van der Waals surface area contributed by atoms with E-state index in [-0.39, 0.29) is 17.2 Å². The molecule has 2 aromatic rings. The molecular formula is C30H37NO. The minimum absolute atomic E-state index is 0.00503. The summed E-state index contributed by atoms with van der Waals surface area (Å²) in [5, 5.41) is 3.36. The van der Waals surface area contributed by atoms with Gasteiger partial charge in [-0.25, -0.2) is 0 Å². The Balaban J connectivity index is 1.44. The smallest absolute Gasteiger partial charge is 0.224 e. The second-order valence-corrected chi connectivity index (χ2v) is 9.45. The number of hydrogen-bond acceptors (Lipinski definition) is 1. The molecule has 0 radical (unpaired) electrons. The summed E-state index contributed by atoms with van der Waals surface area (Å²) in [4.78, 5) is 13.5. The standard InChI is InChI=1S/C30H37NO/c1-2-3-6-13-25(24-14-7-4-8-15-24)20-23-31-29(32)28-18-9-5-12-21-30(28)22-19-26-16-10-11-17-27(26)30/h2-5,7-11,14-17,25,28H,6,12-13,18-23H2,1H3,(H,31,32). The topological polar surface area (TPSA) is 29.1 Å². The third kappa shape index (κ3) is 4.90. The van der Waals surface area contributed by atoms with Crippen LogP contribution in [0.4, 0.5) is 0 Å². The van der Waals surface area contributed by atoms with Gasteiger partial charge in [0.25, 0.3) is 0 Å². The van der Waals surface area contributed by atoms with Gasteiger partial charge in [0.2, 0.25) is 5.91 Å². The Bertz CT molecular complexity index is 944. The summed E-state index contributed by atoms with van der Waals surface area (Å²) < 4.78 is 0. The number of nitrogens with one attached hydrogen (secondary N) is 1. The quantitative estimate of drug-likeness (QED) is 0.457. The first-order valence-corrected chi connectivity index (χ1v) is 12.4. The van der Waals surface area contributed by atoms with Crippen molar-refractivity contribution in [3.8, 4) is 0 Å². The average molecular weight is 428 g/mol. The lowest BCUT2D eigenvalue weighted by Crippen LogP contribution is -2.43. The highest BCUT2D eigenvalue weighted by atomic mass is 16.1.